The normalized spacial score (nSPS) is 12.0. The number of benzene rings is 2. The first kappa shape index (κ1) is 15.3. The van der Waals surface area contributed by atoms with Crippen molar-refractivity contribution in [2.45, 2.75) is 25.9 Å². The smallest absolute Gasteiger partial charge is 0.229 e. The van der Waals surface area contributed by atoms with E-state index in [1.165, 1.54) is 0 Å². The van der Waals surface area contributed by atoms with Crippen LogP contribution in [-0.4, -0.2) is 17.9 Å². The summed E-state index contributed by atoms with van der Waals surface area (Å²) in [4.78, 5) is 14.2. The molecule has 0 aliphatic carbocycles. The van der Waals surface area contributed by atoms with Crippen molar-refractivity contribution in [2.75, 3.05) is 7.05 Å². The van der Waals surface area contributed by atoms with Crippen LogP contribution in [0.25, 0.3) is 0 Å². The van der Waals surface area contributed by atoms with Gasteiger partial charge in [0.25, 0.3) is 0 Å². The van der Waals surface area contributed by atoms with Gasteiger partial charge >= 0.3 is 0 Å². The van der Waals surface area contributed by atoms with E-state index >= 15 is 0 Å². The number of carbonyl (C=O) groups excluding carboxylic acids is 1. The Labute approximate surface area is 126 Å². The largest absolute Gasteiger partial charge is 0.341 e. The van der Waals surface area contributed by atoms with E-state index in [0.717, 1.165) is 16.7 Å². The minimum absolute atomic E-state index is 0.125. The average molecular weight is 282 g/mol. The van der Waals surface area contributed by atoms with Crippen molar-refractivity contribution in [3.8, 4) is 0 Å². The van der Waals surface area contributed by atoms with E-state index in [-0.39, 0.29) is 11.8 Å². The summed E-state index contributed by atoms with van der Waals surface area (Å²) < 4.78 is 0. The maximum absolute atomic E-state index is 12.5. The number of nitrogens with zero attached hydrogens (tertiary/aromatic N) is 1. The number of amides is 1. The van der Waals surface area contributed by atoms with Crippen LogP contribution in [0.5, 0.6) is 0 Å². The molecule has 2 N–H and O–H groups in total. The van der Waals surface area contributed by atoms with Gasteiger partial charge in [-0.15, -0.1) is 0 Å². The molecule has 0 aromatic heterocycles. The quantitative estimate of drug-likeness (QED) is 0.916. The van der Waals surface area contributed by atoms with Crippen molar-refractivity contribution in [3.05, 3.63) is 71.3 Å². The van der Waals surface area contributed by atoms with Gasteiger partial charge in [-0.25, -0.2) is 0 Å². The van der Waals surface area contributed by atoms with Gasteiger partial charge in [-0.05, 0) is 23.6 Å². The number of nitrogens with two attached hydrogens (primary N) is 1. The average Bonchev–Trinajstić information content (AvgIpc) is 2.55. The Balaban J connectivity index is 2.01. The fraction of sp³-hybridized carbons (Fsp3) is 0.278. The van der Waals surface area contributed by atoms with Crippen LogP contribution in [0.4, 0.5) is 0 Å². The second-order valence-electron chi connectivity index (χ2n) is 5.35. The van der Waals surface area contributed by atoms with Crippen LogP contribution >= 0.6 is 0 Å². The molecule has 0 spiro atoms. The number of rotatable bonds is 5. The molecule has 0 bridgehead atoms. The zero-order chi connectivity index (χ0) is 15.2. The summed E-state index contributed by atoms with van der Waals surface area (Å²) >= 11 is 0. The third kappa shape index (κ3) is 3.92. The van der Waals surface area contributed by atoms with Crippen LogP contribution in [-0.2, 0) is 17.9 Å². The lowest BCUT2D eigenvalue weighted by Gasteiger charge is -2.22. The van der Waals surface area contributed by atoms with E-state index in [1.807, 2.05) is 68.6 Å². The molecule has 110 valence electrons. The predicted octanol–water partition coefficient (Wildman–Crippen LogP) is 2.91. The molecule has 0 aliphatic rings. The van der Waals surface area contributed by atoms with Crippen molar-refractivity contribution in [1.29, 1.82) is 0 Å². The molecular formula is C18H22N2O. The fourth-order valence-corrected chi connectivity index (χ4v) is 2.35. The van der Waals surface area contributed by atoms with Crippen molar-refractivity contribution >= 4 is 5.91 Å². The molecule has 0 saturated carbocycles. The second kappa shape index (κ2) is 7.04. The lowest BCUT2D eigenvalue weighted by molar-refractivity contribution is -0.131. The third-order valence-electron chi connectivity index (χ3n) is 3.72. The lowest BCUT2D eigenvalue weighted by atomic mass is 10.00. The SMILES string of the molecule is CC(C(=O)N(C)Cc1ccc(CN)cc1)c1ccccc1. The molecule has 21 heavy (non-hydrogen) atoms. The van der Waals surface area contributed by atoms with Gasteiger partial charge < -0.3 is 10.6 Å². The van der Waals surface area contributed by atoms with E-state index in [4.69, 9.17) is 5.73 Å². The summed E-state index contributed by atoms with van der Waals surface area (Å²) in [6.07, 6.45) is 0. The van der Waals surface area contributed by atoms with E-state index in [9.17, 15) is 4.79 Å². The molecule has 1 atom stereocenters. The van der Waals surface area contributed by atoms with Gasteiger partial charge in [-0.1, -0.05) is 54.6 Å². The Bertz CT molecular complexity index is 578. The van der Waals surface area contributed by atoms with Crippen LogP contribution in [0, 0.1) is 0 Å². The van der Waals surface area contributed by atoms with Gasteiger partial charge in [-0.3, -0.25) is 4.79 Å². The second-order valence-corrected chi connectivity index (χ2v) is 5.35. The maximum atomic E-state index is 12.5. The predicted molar refractivity (Wildman–Crippen MR) is 85.7 cm³/mol. The molecule has 2 rings (SSSR count). The molecule has 1 unspecified atom stereocenters. The molecule has 1 amide bonds. The monoisotopic (exact) mass is 282 g/mol. The van der Waals surface area contributed by atoms with Crippen LogP contribution in [0.2, 0.25) is 0 Å². The first-order valence-electron chi connectivity index (χ1n) is 7.19. The van der Waals surface area contributed by atoms with Gasteiger partial charge in [0.2, 0.25) is 5.91 Å². The minimum atomic E-state index is -0.125. The number of carbonyl (C=O) groups is 1. The molecule has 3 nitrogen and oxygen atoms in total. The molecule has 0 heterocycles. The Morgan fingerprint density at radius 3 is 2.19 bits per heavy atom. The minimum Gasteiger partial charge on any atom is -0.341 e. The summed E-state index contributed by atoms with van der Waals surface area (Å²) in [5.41, 5.74) is 8.85. The molecule has 0 aliphatic heterocycles. The molecule has 2 aromatic rings. The van der Waals surface area contributed by atoms with E-state index in [1.54, 1.807) is 4.90 Å². The summed E-state index contributed by atoms with van der Waals surface area (Å²) in [5, 5.41) is 0. The Morgan fingerprint density at radius 1 is 1.05 bits per heavy atom. The Kier molecular flexibility index (Phi) is 5.12. The number of likely N-dealkylation sites (N-methyl/N-ethyl adjacent to an activating group) is 1. The van der Waals surface area contributed by atoms with Gasteiger partial charge in [0, 0.05) is 20.1 Å². The molecule has 0 fully saturated rings. The summed E-state index contributed by atoms with van der Waals surface area (Å²) in [6, 6.07) is 17.9. The highest BCUT2D eigenvalue weighted by molar-refractivity contribution is 5.83. The zero-order valence-electron chi connectivity index (χ0n) is 12.6. The topological polar surface area (TPSA) is 46.3 Å². The first-order chi connectivity index (χ1) is 10.1. The van der Waals surface area contributed by atoms with Crippen molar-refractivity contribution < 1.29 is 4.79 Å². The first-order valence-corrected chi connectivity index (χ1v) is 7.19. The molecular weight excluding hydrogens is 260 g/mol. The standard InChI is InChI=1S/C18H22N2O/c1-14(17-6-4-3-5-7-17)18(21)20(2)13-16-10-8-15(12-19)9-11-16/h3-11,14H,12-13,19H2,1-2H3. The maximum Gasteiger partial charge on any atom is 0.229 e. The highest BCUT2D eigenvalue weighted by atomic mass is 16.2. The summed E-state index contributed by atoms with van der Waals surface area (Å²) in [7, 11) is 1.85. The zero-order valence-corrected chi connectivity index (χ0v) is 12.6. The summed E-state index contributed by atoms with van der Waals surface area (Å²) in [5.74, 6) is 0.00335. The van der Waals surface area contributed by atoms with Crippen LogP contribution in [0.15, 0.2) is 54.6 Å². The Morgan fingerprint density at radius 2 is 1.62 bits per heavy atom. The van der Waals surface area contributed by atoms with E-state index < -0.39 is 0 Å². The number of hydrogen-bond donors (Lipinski definition) is 1. The highest BCUT2D eigenvalue weighted by Crippen LogP contribution is 2.18. The van der Waals surface area contributed by atoms with Crippen LogP contribution in [0.1, 0.15) is 29.5 Å². The van der Waals surface area contributed by atoms with Gasteiger partial charge in [-0.2, -0.15) is 0 Å². The molecule has 0 saturated heterocycles. The molecule has 3 heteroatoms. The fourth-order valence-electron chi connectivity index (χ4n) is 2.35. The molecule has 0 radical (unpaired) electrons. The van der Waals surface area contributed by atoms with E-state index in [0.29, 0.717) is 13.1 Å². The van der Waals surface area contributed by atoms with Crippen molar-refractivity contribution in [3.63, 3.8) is 0 Å². The summed E-state index contributed by atoms with van der Waals surface area (Å²) in [6.45, 7) is 3.10. The van der Waals surface area contributed by atoms with Crippen molar-refractivity contribution in [1.82, 2.24) is 4.90 Å². The molecule has 2 aromatic carbocycles. The number of hydrogen-bond acceptors (Lipinski definition) is 2. The van der Waals surface area contributed by atoms with Crippen LogP contribution in [0.3, 0.4) is 0 Å². The highest BCUT2D eigenvalue weighted by Gasteiger charge is 2.19. The van der Waals surface area contributed by atoms with Crippen molar-refractivity contribution in [2.24, 2.45) is 5.73 Å². The third-order valence-corrected chi connectivity index (χ3v) is 3.72. The van der Waals surface area contributed by atoms with Gasteiger partial charge in [0.15, 0.2) is 0 Å². The lowest BCUT2D eigenvalue weighted by Crippen LogP contribution is -2.30. The van der Waals surface area contributed by atoms with Crippen LogP contribution < -0.4 is 5.73 Å². The van der Waals surface area contributed by atoms with Gasteiger partial charge in [0.1, 0.15) is 0 Å². The Hall–Kier alpha value is -2.13. The van der Waals surface area contributed by atoms with E-state index in [2.05, 4.69) is 0 Å². The van der Waals surface area contributed by atoms with Gasteiger partial charge in [0.05, 0.1) is 5.92 Å².